The zero-order valence-electron chi connectivity index (χ0n) is 12.3. The van der Waals surface area contributed by atoms with Gasteiger partial charge in [0.15, 0.2) is 0 Å². The fourth-order valence-electron chi connectivity index (χ4n) is 2.38. The summed E-state index contributed by atoms with van der Waals surface area (Å²) in [6.07, 6.45) is 0. The summed E-state index contributed by atoms with van der Waals surface area (Å²) in [5, 5.41) is 0. The van der Waals surface area contributed by atoms with Gasteiger partial charge in [-0.3, -0.25) is 9.59 Å². The average molecular weight is 293 g/mol. The molecule has 1 aromatic carbocycles. The van der Waals surface area contributed by atoms with Gasteiger partial charge in [-0.2, -0.15) is 0 Å². The van der Waals surface area contributed by atoms with Gasteiger partial charge >= 0.3 is 0 Å². The molecule has 0 atom stereocenters. The van der Waals surface area contributed by atoms with Gasteiger partial charge in [0.2, 0.25) is 5.91 Å². The molecule has 0 aromatic heterocycles. The SMILES string of the molecule is CC(C)C(=O)N1CCN(C(=O)c2cc(F)ccc2N)CC1. The fourth-order valence-corrected chi connectivity index (χ4v) is 2.38. The lowest BCUT2D eigenvalue weighted by molar-refractivity contribution is -0.135. The first-order valence-corrected chi connectivity index (χ1v) is 7.03. The first kappa shape index (κ1) is 15.3. The molecule has 114 valence electrons. The monoisotopic (exact) mass is 293 g/mol. The predicted molar refractivity (Wildman–Crippen MR) is 78.1 cm³/mol. The Labute approximate surface area is 123 Å². The van der Waals surface area contributed by atoms with E-state index in [1.54, 1.807) is 9.80 Å². The van der Waals surface area contributed by atoms with E-state index in [2.05, 4.69) is 0 Å². The lowest BCUT2D eigenvalue weighted by Crippen LogP contribution is -2.51. The molecular formula is C15H20FN3O2. The molecule has 0 bridgehead atoms. The number of hydrogen-bond donors (Lipinski definition) is 1. The van der Waals surface area contributed by atoms with Crippen molar-refractivity contribution in [3.05, 3.63) is 29.6 Å². The number of hydrogen-bond acceptors (Lipinski definition) is 3. The van der Waals surface area contributed by atoms with Crippen molar-refractivity contribution in [2.75, 3.05) is 31.9 Å². The van der Waals surface area contributed by atoms with Gasteiger partial charge in [-0.1, -0.05) is 13.8 Å². The molecule has 1 heterocycles. The van der Waals surface area contributed by atoms with Gasteiger partial charge < -0.3 is 15.5 Å². The summed E-state index contributed by atoms with van der Waals surface area (Å²) >= 11 is 0. The van der Waals surface area contributed by atoms with Gasteiger partial charge in [-0.15, -0.1) is 0 Å². The third-order valence-corrected chi connectivity index (χ3v) is 3.62. The smallest absolute Gasteiger partial charge is 0.256 e. The molecule has 21 heavy (non-hydrogen) atoms. The molecule has 0 aliphatic carbocycles. The minimum atomic E-state index is -0.485. The predicted octanol–water partition coefficient (Wildman–Crippen LogP) is 1.35. The molecule has 1 aromatic rings. The van der Waals surface area contributed by atoms with Crippen molar-refractivity contribution >= 4 is 17.5 Å². The van der Waals surface area contributed by atoms with Crippen molar-refractivity contribution in [1.82, 2.24) is 9.80 Å². The molecule has 2 rings (SSSR count). The number of nitrogens with zero attached hydrogens (tertiary/aromatic N) is 2. The van der Waals surface area contributed by atoms with Gasteiger partial charge in [0.25, 0.3) is 5.91 Å². The summed E-state index contributed by atoms with van der Waals surface area (Å²) in [7, 11) is 0. The molecule has 1 aliphatic rings. The van der Waals surface area contributed by atoms with Crippen LogP contribution in [0.5, 0.6) is 0 Å². The zero-order chi connectivity index (χ0) is 15.6. The third kappa shape index (κ3) is 3.32. The largest absolute Gasteiger partial charge is 0.398 e. The van der Waals surface area contributed by atoms with Crippen molar-refractivity contribution in [2.24, 2.45) is 5.92 Å². The molecule has 6 heteroatoms. The van der Waals surface area contributed by atoms with Crippen LogP contribution < -0.4 is 5.73 Å². The number of carbonyl (C=O) groups excluding carboxylic acids is 2. The number of nitrogen functional groups attached to an aromatic ring is 1. The van der Waals surface area contributed by atoms with Crippen LogP contribution in [0.2, 0.25) is 0 Å². The van der Waals surface area contributed by atoms with E-state index in [0.29, 0.717) is 26.2 Å². The summed E-state index contributed by atoms with van der Waals surface area (Å²) in [6.45, 7) is 5.58. The van der Waals surface area contributed by atoms with Gasteiger partial charge in [0.05, 0.1) is 5.56 Å². The topological polar surface area (TPSA) is 66.6 Å². The minimum absolute atomic E-state index is 0.0499. The number of nitrogens with two attached hydrogens (primary N) is 1. The average Bonchev–Trinajstić information content (AvgIpc) is 2.48. The minimum Gasteiger partial charge on any atom is -0.398 e. The van der Waals surface area contributed by atoms with Crippen LogP contribution in [0.4, 0.5) is 10.1 Å². The molecule has 2 amide bonds. The van der Waals surface area contributed by atoms with Crippen LogP contribution in [0.3, 0.4) is 0 Å². The molecule has 0 radical (unpaired) electrons. The highest BCUT2D eigenvalue weighted by molar-refractivity contribution is 5.99. The maximum Gasteiger partial charge on any atom is 0.256 e. The number of rotatable bonds is 2. The number of halogens is 1. The second-order valence-corrected chi connectivity index (χ2v) is 5.50. The molecule has 0 unspecified atom stereocenters. The zero-order valence-corrected chi connectivity index (χ0v) is 12.3. The van der Waals surface area contributed by atoms with Crippen molar-refractivity contribution in [3.8, 4) is 0 Å². The molecule has 1 saturated heterocycles. The van der Waals surface area contributed by atoms with Crippen LogP contribution in [0, 0.1) is 11.7 Å². The van der Waals surface area contributed by atoms with Crippen molar-refractivity contribution in [3.63, 3.8) is 0 Å². The van der Waals surface area contributed by atoms with Gasteiger partial charge in [0, 0.05) is 37.8 Å². The Morgan fingerprint density at radius 1 is 1.14 bits per heavy atom. The summed E-state index contributed by atoms with van der Waals surface area (Å²) in [5.41, 5.74) is 6.18. The van der Waals surface area contributed by atoms with E-state index in [1.807, 2.05) is 13.8 Å². The molecule has 5 nitrogen and oxygen atoms in total. The second kappa shape index (κ2) is 6.11. The summed E-state index contributed by atoms with van der Waals surface area (Å²) < 4.78 is 13.3. The highest BCUT2D eigenvalue weighted by Crippen LogP contribution is 2.17. The lowest BCUT2D eigenvalue weighted by Gasteiger charge is -2.35. The Hall–Kier alpha value is -2.11. The highest BCUT2D eigenvalue weighted by atomic mass is 19.1. The van der Waals surface area contributed by atoms with Crippen molar-refractivity contribution in [2.45, 2.75) is 13.8 Å². The Kier molecular flexibility index (Phi) is 4.45. The van der Waals surface area contributed by atoms with E-state index in [9.17, 15) is 14.0 Å². The van der Waals surface area contributed by atoms with Crippen LogP contribution in [-0.2, 0) is 4.79 Å². The molecule has 1 aliphatic heterocycles. The highest BCUT2D eigenvalue weighted by Gasteiger charge is 2.26. The van der Waals surface area contributed by atoms with Crippen molar-refractivity contribution < 1.29 is 14.0 Å². The van der Waals surface area contributed by atoms with Crippen molar-refractivity contribution in [1.29, 1.82) is 0 Å². The third-order valence-electron chi connectivity index (χ3n) is 3.62. The van der Waals surface area contributed by atoms with E-state index in [-0.39, 0.29) is 29.0 Å². The van der Waals surface area contributed by atoms with Crippen LogP contribution in [0.25, 0.3) is 0 Å². The molecule has 1 fully saturated rings. The number of amides is 2. The van der Waals surface area contributed by atoms with E-state index in [1.165, 1.54) is 12.1 Å². The first-order valence-electron chi connectivity index (χ1n) is 7.03. The Morgan fingerprint density at radius 3 is 2.29 bits per heavy atom. The van der Waals surface area contributed by atoms with Gasteiger partial charge in [-0.05, 0) is 18.2 Å². The summed E-state index contributed by atoms with van der Waals surface area (Å²) in [5.74, 6) is -0.733. The van der Waals surface area contributed by atoms with Gasteiger partial charge in [-0.25, -0.2) is 4.39 Å². The van der Waals surface area contributed by atoms with E-state index < -0.39 is 5.82 Å². The first-order chi connectivity index (χ1) is 9.90. The fraction of sp³-hybridized carbons (Fsp3) is 0.467. The normalized spacial score (nSPS) is 15.4. The number of carbonyl (C=O) groups is 2. The summed E-state index contributed by atoms with van der Waals surface area (Å²) in [4.78, 5) is 27.6. The molecule has 0 spiro atoms. The van der Waals surface area contributed by atoms with E-state index >= 15 is 0 Å². The Morgan fingerprint density at radius 2 is 1.71 bits per heavy atom. The van der Waals surface area contributed by atoms with Crippen LogP contribution >= 0.6 is 0 Å². The molecular weight excluding hydrogens is 273 g/mol. The summed E-state index contributed by atoms with van der Waals surface area (Å²) in [6, 6.07) is 3.77. The molecule has 2 N–H and O–H groups in total. The standard InChI is InChI=1S/C15H20FN3O2/c1-10(2)14(20)18-5-7-19(8-6-18)15(21)12-9-11(16)3-4-13(12)17/h3-4,9-10H,5-8,17H2,1-2H3. The number of anilines is 1. The van der Waals surface area contributed by atoms with E-state index in [4.69, 9.17) is 5.73 Å². The van der Waals surface area contributed by atoms with Crippen LogP contribution in [-0.4, -0.2) is 47.8 Å². The lowest BCUT2D eigenvalue weighted by atomic mass is 10.1. The van der Waals surface area contributed by atoms with Crippen LogP contribution in [0.1, 0.15) is 24.2 Å². The quantitative estimate of drug-likeness (QED) is 0.837. The number of piperazine rings is 1. The van der Waals surface area contributed by atoms with Crippen LogP contribution in [0.15, 0.2) is 18.2 Å². The maximum atomic E-state index is 13.3. The van der Waals surface area contributed by atoms with E-state index in [0.717, 1.165) is 6.07 Å². The maximum absolute atomic E-state index is 13.3. The second-order valence-electron chi connectivity index (χ2n) is 5.50. The Bertz CT molecular complexity index is 552. The number of benzene rings is 1. The molecule has 0 saturated carbocycles. The van der Waals surface area contributed by atoms with Gasteiger partial charge in [0.1, 0.15) is 5.82 Å². The Balaban J connectivity index is 2.03.